The molecule has 3 rings (SSSR count). The molecular formula is C17H12F3N3O4S. The first-order valence-corrected chi connectivity index (χ1v) is 8.61. The Hall–Kier alpha value is -3.34. The maximum atomic E-state index is 12.1. The van der Waals surface area contributed by atoms with Crippen molar-refractivity contribution in [1.82, 2.24) is 10.3 Å². The monoisotopic (exact) mass is 411 g/mol. The highest BCUT2D eigenvalue weighted by atomic mass is 32.1. The van der Waals surface area contributed by atoms with E-state index in [-0.39, 0.29) is 24.0 Å². The second-order valence-corrected chi connectivity index (χ2v) is 6.29. The smallest absolute Gasteiger partial charge is 0.431 e. The maximum Gasteiger partial charge on any atom is 0.573 e. The van der Waals surface area contributed by atoms with Crippen molar-refractivity contribution in [3.63, 3.8) is 0 Å². The highest BCUT2D eigenvalue weighted by Gasteiger charge is 2.30. The molecule has 0 saturated carbocycles. The summed E-state index contributed by atoms with van der Waals surface area (Å²) in [5.74, 6) is -1.34. The van der Waals surface area contributed by atoms with Crippen LogP contribution in [0.25, 0.3) is 0 Å². The van der Waals surface area contributed by atoms with Gasteiger partial charge in [0, 0.05) is 6.54 Å². The molecule has 0 radical (unpaired) electrons. The van der Waals surface area contributed by atoms with Gasteiger partial charge in [-0.3, -0.25) is 14.9 Å². The van der Waals surface area contributed by atoms with Gasteiger partial charge in [0.25, 0.3) is 11.8 Å². The molecule has 0 aliphatic carbocycles. The van der Waals surface area contributed by atoms with Crippen LogP contribution in [0.5, 0.6) is 5.75 Å². The molecular weight excluding hydrogens is 399 g/mol. The Bertz CT molecular complexity index is 953. The molecule has 28 heavy (non-hydrogen) atoms. The number of hydrogen-bond donors (Lipinski definition) is 2. The van der Waals surface area contributed by atoms with Gasteiger partial charge in [0.15, 0.2) is 5.69 Å². The Morgan fingerprint density at radius 1 is 1.14 bits per heavy atom. The van der Waals surface area contributed by atoms with E-state index in [2.05, 4.69) is 20.4 Å². The van der Waals surface area contributed by atoms with Gasteiger partial charge in [0.1, 0.15) is 12.0 Å². The summed E-state index contributed by atoms with van der Waals surface area (Å²) < 4.78 is 45.2. The summed E-state index contributed by atoms with van der Waals surface area (Å²) in [4.78, 5) is 28.3. The fourth-order valence-electron chi connectivity index (χ4n) is 2.08. The van der Waals surface area contributed by atoms with Crippen molar-refractivity contribution in [2.24, 2.45) is 0 Å². The molecule has 3 aromatic rings. The van der Waals surface area contributed by atoms with Crippen LogP contribution in [0.3, 0.4) is 0 Å². The van der Waals surface area contributed by atoms with Crippen LogP contribution >= 0.6 is 11.3 Å². The van der Waals surface area contributed by atoms with Crippen molar-refractivity contribution in [3.8, 4) is 5.75 Å². The number of thiophene rings is 1. The predicted molar refractivity (Wildman–Crippen MR) is 93.1 cm³/mol. The van der Waals surface area contributed by atoms with Gasteiger partial charge in [-0.15, -0.1) is 24.5 Å². The molecule has 7 nitrogen and oxygen atoms in total. The number of oxazole rings is 1. The molecule has 2 aromatic heterocycles. The minimum atomic E-state index is -4.76. The van der Waals surface area contributed by atoms with Crippen LogP contribution in [-0.2, 0) is 6.54 Å². The first-order chi connectivity index (χ1) is 13.3. The highest BCUT2D eigenvalue weighted by Crippen LogP contribution is 2.22. The van der Waals surface area contributed by atoms with E-state index in [0.717, 1.165) is 18.4 Å². The van der Waals surface area contributed by atoms with Gasteiger partial charge in [-0.1, -0.05) is 18.2 Å². The first-order valence-electron chi connectivity index (χ1n) is 7.73. The Kier molecular flexibility index (Phi) is 5.64. The van der Waals surface area contributed by atoms with E-state index in [0.29, 0.717) is 10.4 Å². The lowest BCUT2D eigenvalue weighted by Crippen LogP contribution is -2.23. The Labute approximate surface area is 160 Å². The second-order valence-electron chi connectivity index (χ2n) is 5.34. The quantitative estimate of drug-likeness (QED) is 0.643. The summed E-state index contributed by atoms with van der Waals surface area (Å²) >= 11 is 1.24. The van der Waals surface area contributed by atoms with E-state index in [4.69, 9.17) is 4.42 Å². The summed E-state index contributed by atoms with van der Waals surface area (Å²) in [5, 5.41) is 6.71. The third-order valence-corrected chi connectivity index (χ3v) is 4.18. The van der Waals surface area contributed by atoms with Crippen LogP contribution in [0.2, 0.25) is 0 Å². The fraction of sp³-hybridized carbons (Fsp3) is 0.118. The van der Waals surface area contributed by atoms with Gasteiger partial charge < -0.3 is 14.5 Å². The molecule has 0 fully saturated rings. The minimum Gasteiger partial charge on any atom is -0.431 e. The zero-order valence-electron chi connectivity index (χ0n) is 13.9. The third-order valence-electron chi connectivity index (χ3n) is 3.31. The molecule has 0 bridgehead atoms. The van der Waals surface area contributed by atoms with Gasteiger partial charge in [-0.2, -0.15) is 4.98 Å². The summed E-state index contributed by atoms with van der Waals surface area (Å²) in [6.07, 6.45) is -3.68. The van der Waals surface area contributed by atoms with Crippen LogP contribution < -0.4 is 15.4 Å². The van der Waals surface area contributed by atoms with Crippen molar-refractivity contribution in [2.45, 2.75) is 12.9 Å². The number of anilines is 1. The van der Waals surface area contributed by atoms with E-state index in [1.54, 1.807) is 17.5 Å². The number of carbonyl (C=O) groups excluding carboxylic acids is 2. The van der Waals surface area contributed by atoms with E-state index in [1.807, 2.05) is 0 Å². The average Bonchev–Trinajstić information content (AvgIpc) is 3.31. The van der Waals surface area contributed by atoms with Crippen molar-refractivity contribution < 1.29 is 31.9 Å². The zero-order chi connectivity index (χ0) is 20.1. The summed E-state index contributed by atoms with van der Waals surface area (Å²) in [5.41, 5.74) is 0.496. The van der Waals surface area contributed by atoms with Gasteiger partial charge in [0.2, 0.25) is 0 Å². The maximum absolute atomic E-state index is 12.1. The SMILES string of the molecule is O=C(NCc1ccc(OC(F)(F)F)cc1)c1coc(NC(=O)c2cccs2)n1. The molecule has 2 amide bonds. The number of halogens is 3. The van der Waals surface area contributed by atoms with Gasteiger partial charge in [-0.25, -0.2) is 0 Å². The summed E-state index contributed by atoms with van der Waals surface area (Å²) in [6.45, 7) is 0.0505. The molecule has 0 spiro atoms. The van der Waals surface area contributed by atoms with Crippen molar-refractivity contribution in [3.05, 3.63) is 64.2 Å². The molecule has 0 atom stereocenters. The number of carbonyl (C=O) groups is 2. The standard InChI is InChI=1S/C17H12F3N3O4S/c18-17(19,20)27-11-5-3-10(4-6-11)8-21-14(24)12-9-26-16(22-12)23-15(25)13-2-1-7-28-13/h1-7,9H,8H2,(H,21,24)(H,22,23,25). The van der Waals surface area contributed by atoms with E-state index in [9.17, 15) is 22.8 Å². The molecule has 0 unspecified atom stereocenters. The number of benzene rings is 1. The predicted octanol–water partition coefficient (Wildman–Crippen LogP) is 3.82. The van der Waals surface area contributed by atoms with Crippen LogP contribution in [0.4, 0.5) is 19.2 Å². The number of nitrogens with zero attached hydrogens (tertiary/aromatic N) is 1. The number of ether oxygens (including phenoxy) is 1. The minimum absolute atomic E-state index is 0.0505. The Balaban J connectivity index is 1.52. The van der Waals surface area contributed by atoms with Gasteiger partial charge >= 0.3 is 12.4 Å². The van der Waals surface area contributed by atoms with Crippen molar-refractivity contribution in [2.75, 3.05) is 5.32 Å². The number of hydrogen-bond acceptors (Lipinski definition) is 6. The number of aromatic nitrogens is 1. The zero-order valence-corrected chi connectivity index (χ0v) is 14.8. The highest BCUT2D eigenvalue weighted by molar-refractivity contribution is 7.12. The number of rotatable bonds is 6. The van der Waals surface area contributed by atoms with E-state index >= 15 is 0 Å². The molecule has 0 saturated heterocycles. The fourth-order valence-corrected chi connectivity index (χ4v) is 2.70. The van der Waals surface area contributed by atoms with Crippen LogP contribution in [0.15, 0.2) is 52.5 Å². The third kappa shape index (κ3) is 5.33. The largest absolute Gasteiger partial charge is 0.573 e. The lowest BCUT2D eigenvalue weighted by atomic mass is 10.2. The lowest BCUT2D eigenvalue weighted by molar-refractivity contribution is -0.274. The molecule has 0 aliphatic rings. The molecule has 0 aliphatic heterocycles. The van der Waals surface area contributed by atoms with Crippen LogP contribution in [0.1, 0.15) is 25.7 Å². The molecule has 2 heterocycles. The number of amides is 2. The van der Waals surface area contributed by atoms with E-state index < -0.39 is 18.2 Å². The molecule has 11 heteroatoms. The normalized spacial score (nSPS) is 11.1. The Morgan fingerprint density at radius 3 is 2.54 bits per heavy atom. The van der Waals surface area contributed by atoms with Crippen LogP contribution in [-0.4, -0.2) is 23.2 Å². The summed E-state index contributed by atoms with van der Waals surface area (Å²) in [7, 11) is 0. The van der Waals surface area contributed by atoms with Crippen LogP contribution in [0, 0.1) is 0 Å². The molecule has 1 aromatic carbocycles. The van der Waals surface area contributed by atoms with Gasteiger partial charge in [-0.05, 0) is 29.1 Å². The Morgan fingerprint density at radius 2 is 1.89 bits per heavy atom. The number of nitrogens with one attached hydrogen (secondary N) is 2. The van der Waals surface area contributed by atoms with Crippen molar-refractivity contribution in [1.29, 1.82) is 0 Å². The average molecular weight is 411 g/mol. The molecule has 146 valence electrons. The lowest BCUT2D eigenvalue weighted by Gasteiger charge is -2.09. The molecule has 2 N–H and O–H groups in total. The van der Waals surface area contributed by atoms with E-state index in [1.165, 1.54) is 23.5 Å². The van der Waals surface area contributed by atoms with Crippen molar-refractivity contribution >= 4 is 29.2 Å². The second kappa shape index (κ2) is 8.13. The topological polar surface area (TPSA) is 93.5 Å². The number of alkyl halides is 3. The summed E-state index contributed by atoms with van der Waals surface area (Å²) in [6, 6.07) is 8.27. The van der Waals surface area contributed by atoms with Gasteiger partial charge in [0.05, 0.1) is 4.88 Å². The first kappa shape index (κ1) is 19.4.